The molecule has 0 aliphatic carbocycles. The lowest BCUT2D eigenvalue weighted by Gasteiger charge is -2.31. The lowest BCUT2D eigenvalue weighted by atomic mass is 9.94. The Balaban J connectivity index is 2.03. The second kappa shape index (κ2) is 5.93. The van der Waals surface area contributed by atoms with Crippen molar-refractivity contribution >= 4 is 21.7 Å². The van der Waals surface area contributed by atoms with E-state index in [1.165, 1.54) is 12.1 Å². The van der Waals surface area contributed by atoms with E-state index in [0.29, 0.717) is 12.2 Å². The molecule has 2 nitrogen and oxygen atoms in total. The molecule has 1 aliphatic rings. The average Bonchev–Trinajstić information content (AvgIpc) is 2.35. The molecule has 1 heterocycles. The molecule has 0 amide bonds. The van der Waals surface area contributed by atoms with Crippen molar-refractivity contribution in [2.24, 2.45) is 5.92 Å². The zero-order chi connectivity index (χ0) is 13.1. The van der Waals surface area contributed by atoms with Gasteiger partial charge in [-0.2, -0.15) is 0 Å². The summed E-state index contributed by atoms with van der Waals surface area (Å²) in [6.45, 7) is 4.45. The lowest BCUT2D eigenvalue weighted by molar-refractivity contribution is -0.126. The monoisotopic (exact) mass is 313 g/mol. The SMILES string of the molecule is CCC1CN(Cc2ccc(F)cc2Br)CCC1=O. The van der Waals surface area contributed by atoms with Gasteiger partial charge < -0.3 is 0 Å². The van der Waals surface area contributed by atoms with Crippen LogP contribution in [0.4, 0.5) is 4.39 Å². The van der Waals surface area contributed by atoms with Crippen molar-refractivity contribution in [3.63, 3.8) is 0 Å². The molecule has 18 heavy (non-hydrogen) atoms. The second-order valence-electron chi connectivity index (χ2n) is 4.79. The van der Waals surface area contributed by atoms with Crippen LogP contribution in [0.25, 0.3) is 0 Å². The van der Waals surface area contributed by atoms with Crippen LogP contribution >= 0.6 is 15.9 Å². The number of piperidine rings is 1. The second-order valence-corrected chi connectivity index (χ2v) is 5.65. The first-order valence-electron chi connectivity index (χ1n) is 6.29. The third-order valence-corrected chi connectivity index (χ3v) is 4.25. The molecule has 1 atom stereocenters. The fourth-order valence-corrected chi connectivity index (χ4v) is 2.84. The first kappa shape index (κ1) is 13.7. The van der Waals surface area contributed by atoms with Gasteiger partial charge in [0.1, 0.15) is 11.6 Å². The summed E-state index contributed by atoms with van der Waals surface area (Å²) >= 11 is 3.38. The smallest absolute Gasteiger partial charge is 0.138 e. The molecule has 1 aliphatic heterocycles. The van der Waals surface area contributed by atoms with Crippen molar-refractivity contribution in [3.05, 3.63) is 34.1 Å². The number of hydrogen-bond acceptors (Lipinski definition) is 2. The molecule has 1 aromatic carbocycles. The highest BCUT2D eigenvalue weighted by Crippen LogP contribution is 2.23. The minimum Gasteiger partial charge on any atom is -0.299 e. The van der Waals surface area contributed by atoms with E-state index in [-0.39, 0.29) is 11.7 Å². The van der Waals surface area contributed by atoms with Gasteiger partial charge in [0.25, 0.3) is 0 Å². The molecule has 0 saturated carbocycles. The molecule has 1 saturated heterocycles. The van der Waals surface area contributed by atoms with Gasteiger partial charge in [-0.1, -0.05) is 28.9 Å². The van der Waals surface area contributed by atoms with E-state index in [0.717, 1.165) is 36.1 Å². The van der Waals surface area contributed by atoms with Gasteiger partial charge in [-0.3, -0.25) is 9.69 Å². The molecule has 1 fully saturated rings. The summed E-state index contributed by atoms with van der Waals surface area (Å²) in [6.07, 6.45) is 1.54. The van der Waals surface area contributed by atoms with Crippen molar-refractivity contribution in [2.45, 2.75) is 26.3 Å². The van der Waals surface area contributed by atoms with E-state index >= 15 is 0 Å². The number of carbonyl (C=O) groups is 1. The average molecular weight is 314 g/mol. The molecule has 0 aromatic heterocycles. The highest BCUT2D eigenvalue weighted by molar-refractivity contribution is 9.10. The quantitative estimate of drug-likeness (QED) is 0.852. The predicted molar refractivity (Wildman–Crippen MR) is 72.8 cm³/mol. The van der Waals surface area contributed by atoms with E-state index in [9.17, 15) is 9.18 Å². The van der Waals surface area contributed by atoms with Gasteiger partial charge in [0.2, 0.25) is 0 Å². The third kappa shape index (κ3) is 3.18. The number of ketones is 1. The van der Waals surface area contributed by atoms with Crippen LogP contribution in [-0.4, -0.2) is 23.8 Å². The van der Waals surface area contributed by atoms with Gasteiger partial charge in [-0.15, -0.1) is 0 Å². The van der Waals surface area contributed by atoms with Crippen LogP contribution in [0.3, 0.4) is 0 Å². The summed E-state index contributed by atoms with van der Waals surface area (Å²) in [5.41, 5.74) is 1.07. The maximum absolute atomic E-state index is 13.0. The zero-order valence-corrected chi connectivity index (χ0v) is 12.0. The maximum atomic E-state index is 13.0. The first-order valence-corrected chi connectivity index (χ1v) is 7.08. The first-order chi connectivity index (χ1) is 8.60. The molecule has 0 spiro atoms. The van der Waals surface area contributed by atoms with Crippen molar-refractivity contribution < 1.29 is 9.18 Å². The molecular formula is C14H17BrFNO. The number of Topliss-reactive ketones (excluding diaryl/α,β-unsaturated/α-hetero) is 1. The van der Waals surface area contributed by atoms with Crippen molar-refractivity contribution in [2.75, 3.05) is 13.1 Å². The summed E-state index contributed by atoms with van der Waals surface area (Å²) in [5, 5.41) is 0. The number of nitrogens with zero attached hydrogens (tertiary/aromatic N) is 1. The fourth-order valence-electron chi connectivity index (χ4n) is 2.37. The van der Waals surface area contributed by atoms with Crippen LogP contribution < -0.4 is 0 Å². The molecule has 4 heteroatoms. The van der Waals surface area contributed by atoms with Crippen LogP contribution in [0.15, 0.2) is 22.7 Å². The van der Waals surface area contributed by atoms with Crippen molar-refractivity contribution in [1.29, 1.82) is 0 Å². The van der Waals surface area contributed by atoms with Gasteiger partial charge in [0.15, 0.2) is 0 Å². The number of halogens is 2. The topological polar surface area (TPSA) is 20.3 Å². The summed E-state index contributed by atoms with van der Waals surface area (Å²) in [5.74, 6) is 0.316. The molecule has 0 N–H and O–H groups in total. The van der Waals surface area contributed by atoms with E-state index in [1.54, 1.807) is 6.07 Å². The summed E-state index contributed by atoms with van der Waals surface area (Å²) < 4.78 is 13.8. The maximum Gasteiger partial charge on any atom is 0.138 e. The summed E-state index contributed by atoms with van der Waals surface area (Å²) in [4.78, 5) is 13.9. The highest BCUT2D eigenvalue weighted by Gasteiger charge is 2.25. The predicted octanol–water partition coefficient (Wildman–Crippen LogP) is 3.39. The van der Waals surface area contributed by atoms with Crippen LogP contribution in [-0.2, 0) is 11.3 Å². The Labute approximate surface area is 115 Å². The molecule has 1 aromatic rings. The Hall–Kier alpha value is -0.740. The molecule has 98 valence electrons. The number of benzene rings is 1. The summed E-state index contributed by atoms with van der Waals surface area (Å²) in [6, 6.07) is 4.77. The van der Waals surface area contributed by atoms with Crippen LogP contribution in [0.2, 0.25) is 0 Å². The van der Waals surface area contributed by atoms with Gasteiger partial charge in [-0.25, -0.2) is 4.39 Å². The highest BCUT2D eigenvalue weighted by atomic mass is 79.9. The Bertz CT molecular complexity index is 449. The van der Waals surface area contributed by atoms with Crippen molar-refractivity contribution in [1.82, 2.24) is 4.90 Å². The Kier molecular flexibility index (Phi) is 4.51. The number of rotatable bonds is 3. The number of hydrogen-bond donors (Lipinski definition) is 0. The third-order valence-electron chi connectivity index (χ3n) is 3.51. The Morgan fingerprint density at radius 3 is 2.94 bits per heavy atom. The van der Waals surface area contributed by atoms with Crippen LogP contribution in [0.1, 0.15) is 25.3 Å². The molecular weight excluding hydrogens is 297 g/mol. The number of carbonyl (C=O) groups excluding carboxylic acids is 1. The van der Waals surface area contributed by atoms with Crippen LogP contribution in [0.5, 0.6) is 0 Å². The van der Waals surface area contributed by atoms with Gasteiger partial charge in [0, 0.05) is 36.4 Å². The lowest BCUT2D eigenvalue weighted by Crippen LogP contribution is -2.40. The van der Waals surface area contributed by atoms with Gasteiger partial charge in [-0.05, 0) is 24.1 Å². The van der Waals surface area contributed by atoms with E-state index in [1.807, 2.05) is 0 Å². The molecule has 2 rings (SSSR count). The minimum atomic E-state index is -0.231. The standard InChI is InChI=1S/C14H17BrFNO/c1-2-10-8-17(6-5-14(10)18)9-11-3-4-12(16)7-13(11)15/h3-4,7,10H,2,5-6,8-9H2,1H3. The minimum absolute atomic E-state index is 0.165. The normalized spacial score (nSPS) is 21.3. The number of likely N-dealkylation sites (tertiary alicyclic amines) is 1. The zero-order valence-electron chi connectivity index (χ0n) is 10.5. The largest absolute Gasteiger partial charge is 0.299 e. The Morgan fingerprint density at radius 1 is 1.50 bits per heavy atom. The van der Waals surface area contributed by atoms with E-state index in [4.69, 9.17) is 0 Å². The fraction of sp³-hybridized carbons (Fsp3) is 0.500. The van der Waals surface area contributed by atoms with Gasteiger partial charge in [0.05, 0.1) is 0 Å². The van der Waals surface area contributed by atoms with Crippen molar-refractivity contribution in [3.8, 4) is 0 Å². The Morgan fingerprint density at radius 2 is 2.28 bits per heavy atom. The molecule has 0 bridgehead atoms. The van der Waals surface area contributed by atoms with Gasteiger partial charge >= 0.3 is 0 Å². The van der Waals surface area contributed by atoms with E-state index in [2.05, 4.69) is 27.8 Å². The summed E-state index contributed by atoms with van der Waals surface area (Å²) in [7, 11) is 0. The van der Waals surface area contributed by atoms with E-state index < -0.39 is 0 Å². The molecule has 1 unspecified atom stereocenters. The molecule has 0 radical (unpaired) electrons. The van der Waals surface area contributed by atoms with Crippen LogP contribution in [0, 0.1) is 11.7 Å².